The van der Waals surface area contributed by atoms with Crippen LogP contribution in [-0.4, -0.2) is 13.0 Å². The minimum atomic E-state index is -0.355. The van der Waals surface area contributed by atoms with Gasteiger partial charge in [-0.3, -0.25) is 4.79 Å². The lowest BCUT2D eigenvalue weighted by Gasteiger charge is -2.10. The standard InChI is InChI=1S/C15H14BrFN2O2/c1-21-11-3-4-12(14(18)7-11)15(20)19-8-9-6-10(17)2-5-13(9)16/h2-7H,8,18H2,1H3,(H,19,20). The summed E-state index contributed by atoms with van der Waals surface area (Å²) in [5.41, 5.74) is 7.13. The molecule has 0 spiro atoms. The molecular weight excluding hydrogens is 339 g/mol. The molecule has 3 N–H and O–H groups in total. The molecule has 0 atom stereocenters. The second-order valence-corrected chi connectivity index (χ2v) is 5.23. The van der Waals surface area contributed by atoms with E-state index in [0.717, 1.165) is 4.47 Å². The van der Waals surface area contributed by atoms with Crippen molar-refractivity contribution in [3.63, 3.8) is 0 Å². The van der Waals surface area contributed by atoms with E-state index in [4.69, 9.17) is 10.5 Å². The van der Waals surface area contributed by atoms with E-state index in [-0.39, 0.29) is 18.3 Å². The highest BCUT2D eigenvalue weighted by Crippen LogP contribution is 2.20. The molecule has 0 heterocycles. The molecule has 2 aromatic rings. The third kappa shape index (κ3) is 3.72. The van der Waals surface area contributed by atoms with Crippen LogP contribution in [0.5, 0.6) is 5.75 Å². The van der Waals surface area contributed by atoms with Crippen LogP contribution in [0.1, 0.15) is 15.9 Å². The maximum absolute atomic E-state index is 13.2. The van der Waals surface area contributed by atoms with Gasteiger partial charge in [0, 0.05) is 22.8 Å². The zero-order valence-corrected chi connectivity index (χ0v) is 12.9. The second-order valence-electron chi connectivity index (χ2n) is 4.37. The van der Waals surface area contributed by atoms with Gasteiger partial charge < -0.3 is 15.8 Å². The summed E-state index contributed by atoms with van der Waals surface area (Å²) in [6.45, 7) is 0.197. The molecule has 110 valence electrons. The molecule has 0 saturated carbocycles. The average Bonchev–Trinajstić information content (AvgIpc) is 2.47. The quantitative estimate of drug-likeness (QED) is 0.831. The summed E-state index contributed by atoms with van der Waals surface area (Å²) in [6.07, 6.45) is 0. The Bertz CT molecular complexity index is 677. The van der Waals surface area contributed by atoms with Crippen LogP contribution in [-0.2, 0) is 6.54 Å². The molecule has 0 saturated heterocycles. The molecule has 4 nitrogen and oxygen atoms in total. The summed E-state index contributed by atoms with van der Waals surface area (Å²) in [6, 6.07) is 9.12. The summed E-state index contributed by atoms with van der Waals surface area (Å²) < 4.78 is 18.9. The third-order valence-corrected chi connectivity index (χ3v) is 3.72. The lowest BCUT2D eigenvalue weighted by atomic mass is 10.1. The van der Waals surface area contributed by atoms with Gasteiger partial charge in [0.25, 0.3) is 5.91 Å². The highest BCUT2D eigenvalue weighted by Gasteiger charge is 2.11. The van der Waals surface area contributed by atoms with Crippen LogP contribution in [0.4, 0.5) is 10.1 Å². The van der Waals surface area contributed by atoms with Gasteiger partial charge in [0.2, 0.25) is 0 Å². The minimum absolute atomic E-state index is 0.197. The van der Waals surface area contributed by atoms with Crippen LogP contribution in [0, 0.1) is 5.82 Å². The normalized spacial score (nSPS) is 10.2. The minimum Gasteiger partial charge on any atom is -0.497 e. The van der Waals surface area contributed by atoms with Crippen LogP contribution in [0.25, 0.3) is 0 Å². The van der Waals surface area contributed by atoms with E-state index in [1.54, 1.807) is 24.3 Å². The highest BCUT2D eigenvalue weighted by molar-refractivity contribution is 9.10. The monoisotopic (exact) mass is 352 g/mol. The fourth-order valence-electron chi connectivity index (χ4n) is 1.82. The number of anilines is 1. The molecule has 0 bridgehead atoms. The van der Waals surface area contributed by atoms with E-state index < -0.39 is 0 Å². The summed E-state index contributed by atoms with van der Waals surface area (Å²) >= 11 is 3.31. The third-order valence-electron chi connectivity index (χ3n) is 2.95. The number of halogens is 2. The number of methoxy groups -OCH3 is 1. The largest absolute Gasteiger partial charge is 0.497 e. The number of carbonyl (C=O) groups excluding carboxylic acids is 1. The van der Waals surface area contributed by atoms with Gasteiger partial charge in [-0.2, -0.15) is 0 Å². The van der Waals surface area contributed by atoms with Crippen LogP contribution in [0.2, 0.25) is 0 Å². The van der Waals surface area contributed by atoms with E-state index in [2.05, 4.69) is 21.2 Å². The Labute approximate surface area is 130 Å². The van der Waals surface area contributed by atoms with Crippen LogP contribution >= 0.6 is 15.9 Å². The first kappa shape index (κ1) is 15.3. The SMILES string of the molecule is COc1ccc(C(=O)NCc2cc(F)ccc2Br)c(N)c1. The fourth-order valence-corrected chi connectivity index (χ4v) is 2.21. The Morgan fingerprint density at radius 3 is 2.76 bits per heavy atom. The number of nitrogens with two attached hydrogens (primary N) is 1. The first-order chi connectivity index (χ1) is 10.0. The molecule has 6 heteroatoms. The van der Waals surface area contributed by atoms with E-state index in [0.29, 0.717) is 22.6 Å². The van der Waals surface area contributed by atoms with Crippen molar-refractivity contribution in [3.8, 4) is 5.75 Å². The number of nitrogens with one attached hydrogen (secondary N) is 1. The maximum Gasteiger partial charge on any atom is 0.253 e. The van der Waals surface area contributed by atoms with Gasteiger partial charge in [-0.05, 0) is 35.9 Å². The Morgan fingerprint density at radius 1 is 1.33 bits per heavy atom. The lowest BCUT2D eigenvalue weighted by molar-refractivity contribution is 0.0951. The lowest BCUT2D eigenvalue weighted by Crippen LogP contribution is -2.24. The van der Waals surface area contributed by atoms with Crippen molar-refractivity contribution in [2.45, 2.75) is 6.54 Å². The molecule has 0 aliphatic heterocycles. The summed E-state index contributed by atoms with van der Waals surface area (Å²) in [7, 11) is 1.52. The number of nitrogen functional groups attached to an aromatic ring is 1. The number of benzene rings is 2. The van der Waals surface area contributed by atoms with Gasteiger partial charge in [-0.15, -0.1) is 0 Å². The Kier molecular flexibility index (Phi) is 4.80. The zero-order valence-electron chi connectivity index (χ0n) is 11.3. The van der Waals surface area contributed by atoms with Gasteiger partial charge in [0.15, 0.2) is 0 Å². The summed E-state index contributed by atoms with van der Waals surface area (Å²) in [5, 5.41) is 2.71. The van der Waals surface area contributed by atoms with Crippen LogP contribution < -0.4 is 15.8 Å². The summed E-state index contributed by atoms with van der Waals surface area (Å²) in [5.74, 6) is -0.102. The summed E-state index contributed by atoms with van der Waals surface area (Å²) in [4.78, 5) is 12.1. The fraction of sp³-hybridized carbons (Fsp3) is 0.133. The predicted octanol–water partition coefficient (Wildman–Crippen LogP) is 3.11. The zero-order chi connectivity index (χ0) is 15.4. The van der Waals surface area contributed by atoms with Crippen LogP contribution in [0.3, 0.4) is 0 Å². The second kappa shape index (κ2) is 6.58. The molecule has 2 rings (SSSR count). The smallest absolute Gasteiger partial charge is 0.253 e. The van der Waals surface area contributed by atoms with Crippen molar-refractivity contribution in [1.29, 1.82) is 0 Å². The topological polar surface area (TPSA) is 64.3 Å². The number of carbonyl (C=O) groups is 1. The van der Waals surface area contributed by atoms with E-state index >= 15 is 0 Å². The molecule has 0 unspecified atom stereocenters. The number of hydrogen-bond acceptors (Lipinski definition) is 3. The van der Waals surface area contributed by atoms with E-state index in [9.17, 15) is 9.18 Å². The van der Waals surface area contributed by atoms with Crippen molar-refractivity contribution < 1.29 is 13.9 Å². The molecule has 2 aromatic carbocycles. The van der Waals surface area contributed by atoms with Crippen molar-refractivity contribution in [1.82, 2.24) is 5.32 Å². The first-order valence-electron chi connectivity index (χ1n) is 6.17. The Morgan fingerprint density at radius 2 is 2.10 bits per heavy atom. The number of ether oxygens (including phenoxy) is 1. The average molecular weight is 353 g/mol. The molecular formula is C15H14BrFN2O2. The molecule has 0 aromatic heterocycles. The van der Waals surface area contributed by atoms with Crippen LogP contribution in [0.15, 0.2) is 40.9 Å². The number of amides is 1. The maximum atomic E-state index is 13.2. The molecule has 0 aliphatic rings. The van der Waals surface area contributed by atoms with Gasteiger partial charge in [-0.25, -0.2) is 4.39 Å². The number of hydrogen-bond donors (Lipinski definition) is 2. The van der Waals surface area contributed by atoms with Crippen molar-refractivity contribution in [2.75, 3.05) is 12.8 Å². The predicted molar refractivity (Wildman–Crippen MR) is 82.7 cm³/mol. The molecule has 0 fully saturated rings. The molecule has 1 amide bonds. The van der Waals surface area contributed by atoms with E-state index in [1.807, 2.05) is 0 Å². The van der Waals surface area contributed by atoms with Crippen molar-refractivity contribution >= 4 is 27.5 Å². The van der Waals surface area contributed by atoms with Crippen molar-refractivity contribution in [3.05, 3.63) is 57.8 Å². The van der Waals surface area contributed by atoms with Gasteiger partial charge in [0.1, 0.15) is 11.6 Å². The first-order valence-corrected chi connectivity index (χ1v) is 6.96. The number of rotatable bonds is 4. The molecule has 21 heavy (non-hydrogen) atoms. The van der Waals surface area contributed by atoms with Gasteiger partial charge in [0.05, 0.1) is 12.7 Å². The molecule has 0 aliphatic carbocycles. The van der Waals surface area contributed by atoms with Crippen molar-refractivity contribution in [2.24, 2.45) is 0 Å². The van der Waals surface area contributed by atoms with Gasteiger partial charge in [-0.1, -0.05) is 15.9 Å². The Balaban J connectivity index is 2.10. The highest BCUT2D eigenvalue weighted by atomic mass is 79.9. The molecule has 0 radical (unpaired) electrons. The Hall–Kier alpha value is -2.08. The van der Waals surface area contributed by atoms with Gasteiger partial charge >= 0.3 is 0 Å². The van der Waals surface area contributed by atoms with E-state index in [1.165, 1.54) is 19.2 Å².